The Bertz CT molecular complexity index is 2730. The molecule has 3 aliphatic rings. The summed E-state index contributed by atoms with van der Waals surface area (Å²) in [5.41, 5.74) is 3.64. The number of rotatable bonds is 28. The summed E-state index contributed by atoms with van der Waals surface area (Å²) < 4.78 is 45.7. The predicted molar refractivity (Wildman–Crippen MR) is 295 cm³/mol. The first-order valence-electron chi connectivity index (χ1n) is 27.5. The molecule has 4 aromatic carbocycles. The second-order valence-corrected chi connectivity index (χ2v) is 19.9. The van der Waals surface area contributed by atoms with Crippen LogP contribution in [0.1, 0.15) is 140 Å². The zero-order chi connectivity index (χ0) is 56.3. The number of piperidine rings is 1. The largest absolute Gasteiger partial charge is 0.493 e. The summed E-state index contributed by atoms with van der Waals surface area (Å²) in [6.07, 6.45) is 8.70. The number of hydrogen-bond acceptors (Lipinski definition) is 15. The molecule has 0 saturated carbocycles. The number of carbonyl (C=O) groups excluding carboxylic acids is 6. The van der Waals surface area contributed by atoms with Gasteiger partial charge in [0.05, 0.1) is 65.2 Å². The molecule has 1 unspecified atom stereocenters. The number of fused-ring (bicyclic) bond motifs is 1. The molecule has 4 aromatic rings. The third-order valence-corrected chi connectivity index (χ3v) is 14.8. The fraction of sp³-hybridized carbons (Fsp3) is 0.500. The van der Waals surface area contributed by atoms with Crippen molar-refractivity contribution in [2.75, 3.05) is 80.4 Å². The number of nitrogens with zero attached hydrogens (tertiary/aromatic N) is 2. The normalized spacial score (nSPS) is 17.1. The number of methoxy groups -OCH3 is 5. The number of hydrogen-bond donors (Lipinski definition) is 3. The highest BCUT2D eigenvalue weighted by molar-refractivity contribution is 6.24. The second kappa shape index (κ2) is 29.4. The van der Waals surface area contributed by atoms with E-state index in [1.54, 1.807) is 61.6 Å². The minimum absolute atomic E-state index is 0.0452. The van der Waals surface area contributed by atoms with Crippen molar-refractivity contribution < 1.29 is 66.7 Å². The number of amides is 5. The summed E-state index contributed by atoms with van der Waals surface area (Å²) in [4.78, 5) is 83.7. The molecular formula is C60H77N5O14. The maximum absolute atomic E-state index is 14.5. The molecule has 79 heavy (non-hydrogen) atoms. The smallest absolute Gasteiger partial charge is 0.329 e. The van der Waals surface area contributed by atoms with Gasteiger partial charge in [0.15, 0.2) is 29.6 Å². The van der Waals surface area contributed by atoms with E-state index in [0.29, 0.717) is 114 Å². The molecule has 426 valence electrons. The number of nitrogens with one attached hydrogen (secondary N) is 3. The van der Waals surface area contributed by atoms with E-state index >= 15 is 0 Å². The molecule has 0 spiro atoms. The quantitative estimate of drug-likeness (QED) is 0.0277. The van der Waals surface area contributed by atoms with Crippen molar-refractivity contribution in [2.24, 2.45) is 0 Å². The van der Waals surface area contributed by atoms with Crippen molar-refractivity contribution in [3.63, 3.8) is 0 Å². The molecule has 19 nitrogen and oxygen atoms in total. The number of carbonyl (C=O) groups is 6. The summed E-state index contributed by atoms with van der Waals surface area (Å²) in [5.74, 6) is 0.463. The zero-order valence-corrected chi connectivity index (χ0v) is 46.5. The lowest BCUT2D eigenvalue weighted by Crippen LogP contribution is -2.50. The van der Waals surface area contributed by atoms with Crippen molar-refractivity contribution in [1.82, 2.24) is 20.4 Å². The molecule has 19 heteroatoms. The van der Waals surface area contributed by atoms with E-state index in [9.17, 15) is 28.8 Å². The molecule has 0 bridgehead atoms. The van der Waals surface area contributed by atoms with Crippen molar-refractivity contribution >= 4 is 41.2 Å². The monoisotopic (exact) mass is 1090 g/mol. The van der Waals surface area contributed by atoms with Crippen LogP contribution >= 0.6 is 0 Å². The molecular weight excluding hydrogens is 1010 g/mol. The fourth-order valence-electron chi connectivity index (χ4n) is 10.5. The second-order valence-electron chi connectivity index (χ2n) is 19.9. The first kappa shape index (κ1) is 59.1. The van der Waals surface area contributed by atoms with Crippen LogP contribution in [0.25, 0.3) is 0 Å². The van der Waals surface area contributed by atoms with Crippen LogP contribution in [-0.2, 0) is 35.1 Å². The van der Waals surface area contributed by atoms with Crippen LogP contribution in [0.2, 0.25) is 0 Å². The van der Waals surface area contributed by atoms with Crippen molar-refractivity contribution in [1.29, 1.82) is 0 Å². The van der Waals surface area contributed by atoms with Gasteiger partial charge in [-0.2, -0.15) is 0 Å². The molecule has 4 atom stereocenters. The van der Waals surface area contributed by atoms with E-state index in [4.69, 9.17) is 37.9 Å². The molecule has 0 aliphatic carbocycles. The lowest BCUT2D eigenvalue weighted by molar-refractivity contribution is -0.162. The Balaban J connectivity index is 0.889. The Kier molecular flexibility index (Phi) is 22.0. The van der Waals surface area contributed by atoms with Crippen molar-refractivity contribution in [2.45, 2.75) is 121 Å². The number of aryl methyl sites for hydroxylation is 1. The first-order chi connectivity index (χ1) is 38.4. The third-order valence-electron chi connectivity index (χ3n) is 14.8. The van der Waals surface area contributed by atoms with Gasteiger partial charge in [0.2, 0.25) is 17.6 Å². The molecule has 3 heterocycles. The van der Waals surface area contributed by atoms with Gasteiger partial charge in [0.25, 0.3) is 17.7 Å². The SMILES string of the molecule is CC[C@H](C(=O)N1CCCC[C@H]1C(=O)O[C@H](CCc1ccc(OC)c(OC)c1)c1cccc(OCC(=O)NCCCCCCCCNc2cccc3c2C(=O)N(C2CCC(=O)NCOC2)C3=O)c1)c1cc(OC)c(OC)c(OC)c1. The van der Waals surface area contributed by atoms with Gasteiger partial charge in [-0.3, -0.25) is 28.9 Å². The average Bonchev–Trinajstić information content (AvgIpc) is 4.02. The lowest BCUT2D eigenvalue weighted by atomic mass is 9.91. The molecule has 0 radical (unpaired) electrons. The minimum Gasteiger partial charge on any atom is -0.493 e. The number of esters is 1. The van der Waals surface area contributed by atoms with Gasteiger partial charge < -0.3 is 58.7 Å². The van der Waals surface area contributed by atoms with E-state index in [1.165, 1.54) is 26.2 Å². The molecule has 5 amide bonds. The Morgan fingerprint density at radius 2 is 1.47 bits per heavy atom. The van der Waals surface area contributed by atoms with E-state index in [1.807, 2.05) is 37.3 Å². The maximum atomic E-state index is 14.5. The summed E-state index contributed by atoms with van der Waals surface area (Å²) in [5, 5.41) is 8.96. The summed E-state index contributed by atoms with van der Waals surface area (Å²) >= 11 is 0. The number of imide groups is 1. The van der Waals surface area contributed by atoms with Crippen LogP contribution in [-0.4, -0.2) is 133 Å². The van der Waals surface area contributed by atoms with Crippen molar-refractivity contribution in [3.05, 3.63) is 101 Å². The summed E-state index contributed by atoms with van der Waals surface area (Å²) in [6.45, 7) is 3.48. The van der Waals surface area contributed by atoms with Crippen LogP contribution in [0.15, 0.2) is 72.8 Å². The molecule has 3 aliphatic heterocycles. The van der Waals surface area contributed by atoms with Crippen LogP contribution in [0.4, 0.5) is 5.69 Å². The standard InChI is InChI=1S/C60H77N5O14/c1-7-44(41-34-51(74-4)56(76-6)52(35-41)75-5)57(68)64-31-15-12-22-47(64)60(71)79-48(26-23-39-24-27-49(72-2)50(32-39)73-3)40-18-16-19-43(33-40)78-37-54(67)62-30-14-11-9-8-10-13-29-61-46-21-17-20-45-55(46)59(70)65(58(45)69)42-25-28-53(66)63-38-77-36-42/h16-21,24,27,32-35,42,44,47-48,61H,7-15,22-23,25-26,28-31,36-38H2,1-6H3,(H,62,67)(H,63,66)/t42?,44-,47-,48+/m0/s1. The minimum atomic E-state index is -0.809. The lowest BCUT2D eigenvalue weighted by Gasteiger charge is -2.37. The highest BCUT2D eigenvalue weighted by Crippen LogP contribution is 2.42. The number of unbranched alkanes of at least 4 members (excludes halogenated alkanes) is 5. The average molecular weight is 1090 g/mol. The zero-order valence-electron chi connectivity index (χ0n) is 46.5. The third kappa shape index (κ3) is 15.2. The Labute approximate surface area is 463 Å². The predicted octanol–water partition coefficient (Wildman–Crippen LogP) is 8.32. The maximum Gasteiger partial charge on any atom is 0.329 e. The van der Waals surface area contributed by atoms with Crippen LogP contribution in [0.3, 0.4) is 0 Å². The van der Waals surface area contributed by atoms with Gasteiger partial charge in [-0.1, -0.05) is 56.9 Å². The Hall–Kier alpha value is -7.54. The Morgan fingerprint density at radius 1 is 0.747 bits per heavy atom. The summed E-state index contributed by atoms with van der Waals surface area (Å²) in [7, 11) is 7.74. The van der Waals surface area contributed by atoms with Gasteiger partial charge in [0, 0.05) is 31.7 Å². The van der Waals surface area contributed by atoms with Gasteiger partial charge in [-0.05, 0) is 123 Å². The molecule has 2 saturated heterocycles. The van der Waals surface area contributed by atoms with Gasteiger partial charge in [-0.25, -0.2) is 4.79 Å². The summed E-state index contributed by atoms with van der Waals surface area (Å²) in [6, 6.07) is 20.4. The number of ether oxygens (including phenoxy) is 8. The molecule has 3 N–H and O–H groups in total. The van der Waals surface area contributed by atoms with E-state index < -0.39 is 30.1 Å². The van der Waals surface area contributed by atoms with Gasteiger partial charge >= 0.3 is 5.97 Å². The first-order valence-corrected chi connectivity index (χ1v) is 27.5. The fourth-order valence-corrected chi connectivity index (χ4v) is 10.5. The topological polar surface area (TPSA) is 219 Å². The van der Waals surface area contributed by atoms with Gasteiger partial charge in [-0.15, -0.1) is 0 Å². The number of likely N-dealkylation sites (tertiary alicyclic amines) is 1. The van der Waals surface area contributed by atoms with E-state index in [2.05, 4.69) is 16.0 Å². The highest BCUT2D eigenvalue weighted by Gasteiger charge is 2.42. The van der Waals surface area contributed by atoms with Crippen LogP contribution in [0.5, 0.6) is 34.5 Å². The van der Waals surface area contributed by atoms with E-state index in [0.717, 1.165) is 56.9 Å². The highest BCUT2D eigenvalue weighted by atomic mass is 16.5. The van der Waals surface area contributed by atoms with Gasteiger partial charge in [0.1, 0.15) is 24.6 Å². The molecule has 7 rings (SSSR count). The number of anilines is 1. The Morgan fingerprint density at radius 3 is 2.19 bits per heavy atom. The number of benzene rings is 4. The van der Waals surface area contributed by atoms with Crippen LogP contribution < -0.4 is 44.4 Å². The van der Waals surface area contributed by atoms with Crippen LogP contribution in [0, 0.1) is 0 Å². The van der Waals surface area contributed by atoms with Crippen molar-refractivity contribution in [3.8, 4) is 34.5 Å². The molecule has 2 fully saturated rings. The van der Waals surface area contributed by atoms with E-state index in [-0.39, 0.29) is 55.9 Å². The molecule has 0 aromatic heterocycles.